The summed E-state index contributed by atoms with van der Waals surface area (Å²) >= 11 is 3.89. The minimum Gasteiger partial charge on any atom is -1.00 e. The van der Waals surface area contributed by atoms with Gasteiger partial charge in [-0.2, -0.15) is 0 Å². The molecule has 0 amide bonds. The van der Waals surface area contributed by atoms with Crippen LogP contribution in [0.1, 0.15) is 81.3 Å². The summed E-state index contributed by atoms with van der Waals surface area (Å²) in [5.41, 5.74) is 11.6. The molecule has 6 rings (SSSR count). The van der Waals surface area contributed by atoms with Crippen molar-refractivity contribution in [1.82, 2.24) is 0 Å². The van der Waals surface area contributed by atoms with E-state index >= 15 is 0 Å². The molecular formula is C39H39Cl3Zr. The third-order valence-corrected chi connectivity index (χ3v) is 16.5. The Labute approximate surface area is 283 Å². The van der Waals surface area contributed by atoms with Crippen LogP contribution >= 0.6 is 11.6 Å². The Balaban J connectivity index is 0.00000212. The Hall–Kier alpha value is -2.02. The van der Waals surface area contributed by atoms with E-state index in [0.29, 0.717) is 0 Å². The first kappa shape index (κ1) is 33.9. The molecule has 0 N–H and O–H groups in total. The summed E-state index contributed by atoms with van der Waals surface area (Å²) in [6.07, 6.45) is 9.12. The quantitative estimate of drug-likeness (QED) is 0.267. The van der Waals surface area contributed by atoms with Crippen LogP contribution < -0.4 is 28.1 Å². The number of allylic oxidation sites excluding steroid dienone is 4. The van der Waals surface area contributed by atoms with Gasteiger partial charge in [0.25, 0.3) is 0 Å². The van der Waals surface area contributed by atoms with Crippen LogP contribution in [-0.2, 0) is 38.5 Å². The summed E-state index contributed by atoms with van der Waals surface area (Å²) in [7, 11) is 0. The molecule has 0 fully saturated rings. The molecule has 0 spiro atoms. The van der Waals surface area contributed by atoms with Gasteiger partial charge in [-0.1, -0.05) is 0 Å². The predicted octanol–water partition coefficient (Wildman–Crippen LogP) is 3.87. The van der Waals surface area contributed by atoms with Crippen LogP contribution in [-0.4, -0.2) is 3.21 Å². The molecule has 0 aromatic heterocycles. The maximum Gasteiger partial charge on any atom is -1.00 e. The fourth-order valence-electron chi connectivity index (χ4n) is 6.44. The van der Waals surface area contributed by atoms with Gasteiger partial charge in [0.1, 0.15) is 0 Å². The van der Waals surface area contributed by atoms with Crippen molar-refractivity contribution in [1.29, 1.82) is 0 Å². The van der Waals surface area contributed by atoms with Gasteiger partial charge in [-0.3, -0.25) is 0 Å². The number of hydrogen-bond donors (Lipinski definition) is 0. The van der Waals surface area contributed by atoms with Crippen LogP contribution in [0.25, 0.3) is 11.1 Å². The third kappa shape index (κ3) is 6.67. The molecule has 0 heterocycles. The number of rotatable bonds is 4. The molecule has 0 saturated carbocycles. The zero-order chi connectivity index (χ0) is 28.9. The van der Waals surface area contributed by atoms with Crippen LogP contribution in [0.15, 0.2) is 106 Å². The number of fused-ring (bicyclic) bond motifs is 3. The molecule has 0 nitrogen and oxygen atoms in total. The molecule has 0 saturated heterocycles. The van der Waals surface area contributed by atoms with E-state index in [-0.39, 0.29) is 35.6 Å². The zero-order valence-corrected chi connectivity index (χ0v) is 30.6. The second-order valence-corrected chi connectivity index (χ2v) is 19.8. The summed E-state index contributed by atoms with van der Waals surface area (Å²) in [6.45, 7) is 14.1. The first-order valence-corrected chi connectivity index (χ1v) is 18.8. The molecule has 4 heteroatoms. The second kappa shape index (κ2) is 13.1. The van der Waals surface area contributed by atoms with Crippen molar-refractivity contribution in [2.75, 3.05) is 0 Å². The Morgan fingerprint density at radius 1 is 0.721 bits per heavy atom. The summed E-state index contributed by atoms with van der Waals surface area (Å²) in [5.74, 6) is 0. The van der Waals surface area contributed by atoms with E-state index in [1.165, 1.54) is 42.2 Å². The maximum atomic E-state index is 6.68. The van der Waals surface area contributed by atoms with Gasteiger partial charge in [0, 0.05) is 0 Å². The molecular weight excluding hydrogens is 666 g/mol. The number of hydrogen-bond acceptors (Lipinski definition) is 0. The first-order chi connectivity index (χ1) is 19.5. The average molecular weight is 705 g/mol. The van der Waals surface area contributed by atoms with Crippen molar-refractivity contribution in [2.45, 2.75) is 65.2 Å². The van der Waals surface area contributed by atoms with Crippen molar-refractivity contribution >= 4 is 18.1 Å². The normalized spacial score (nSPS) is 13.8. The number of benzene rings is 4. The first-order valence-electron chi connectivity index (χ1n) is 14.7. The molecule has 0 aliphatic heterocycles. The molecule has 0 atom stereocenters. The standard InChI is InChI=1S/C21H25.C13H9Cl.C5H5.2ClH.Zr/c1-20(2,3)16-7-9-18-14(12-16)11-15-13-17(21(4,5)6)8-10-19(15)18;14-13-8-4-7-12(10-13)9-11-5-2-1-3-6-11;1-2-4-5-3-1;;;/h7-10,12H,11H2,1-6H3;1-8,10H;1-3H,4H2;2*1H;/q;;;;;+2/p-2. The van der Waals surface area contributed by atoms with Gasteiger partial charge < -0.3 is 24.8 Å². The molecule has 0 radical (unpaired) electrons. The molecule has 220 valence electrons. The van der Waals surface area contributed by atoms with Gasteiger partial charge >= 0.3 is 261 Å². The molecule has 43 heavy (non-hydrogen) atoms. The molecule has 2 aliphatic carbocycles. The van der Waals surface area contributed by atoms with Gasteiger partial charge in [-0.15, -0.1) is 0 Å². The predicted molar refractivity (Wildman–Crippen MR) is 175 cm³/mol. The van der Waals surface area contributed by atoms with Crippen molar-refractivity contribution in [3.63, 3.8) is 0 Å². The van der Waals surface area contributed by atoms with Crippen molar-refractivity contribution in [3.05, 3.63) is 145 Å². The summed E-state index contributed by atoms with van der Waals surface area (Å²) in [4.78, 5) is 0. The Kier molecular flexibility index (Phi) is 10.4. The third-order valence-electron chi connectivity index (χ3n) is 8.52. The fraction of sp³-hybridized carbons (Fsp3) is 0.256. The van der Waals surface area contributed by atoms with Crippen molar-refractivity contribution in [2.24, 2.45) is 0 Å². The van der Waals surface area contributed by atoms with Crippen LogP contribution in [0.2, 0.25) is 5.02 Å². The Morgan fingerprint density at radius 3 is 2.05 bits per heavy atom. The average Bonchev–Trinajstić information content (AvgIpc) is 3.58. The Morgan fingerprint density at radius 2 is 1.42 bits per heavy atom. The van der Waals surface area contributed by atoms with Crippen molar-refractivity contribution < 1.29 is 46.1 Å². The second-order valence-electron chi connectivity index (χ2n) is 13.5. The monoisotopic (exact) mass is 702 g/mol. The van der Waals surface area contributed by atoms with E-state index in [0.717, 1.165) is 17.9 Å². The minimum atomic E-state index is -2.79. The van der Waals surface area contributed by atoms with E-state index < -0.39 is 21.3 Å². The summed E-state index contributed by atoms with van der Waals surface area (Å²) < 4.78 is 4.83. The molecule has 4 aromatic carbocycles. The van der Waals surface area contributed by atoms with Crippen LogP contribution in [0.5, 0.6) is 0 Å². The minimum absolute atomic E-state index is 0. The van der Waals surface area contributed by atoms with Gasteiger partial charge in [0.15, 0.2) is 0 Å². The summed E-state index contributed by atoms with van der Waals surface area (Å²) in [5, 5.41) is 0.800. The molecule has 0 bridgehead atoms. The van der Waals surface area contributed by atoms with Gasteiger partial charge in [0.05, 0.1) is 0 Å². The summed E-state index contributed by atoms with van der Waals surface area (Å²) in [6, 6.07) is 31.8. The Bertz CT molecular complexity index is 1750. The van der Waals surface area contributed by atoms with Gasteiger partial charge in [0.2, 0.25) is 0 Å². The van der Waals surface area contributed by atoms with Crippen LogP contribution in [0.3, 0.4) is 0 Å². The van der Waals surface area contributed by atoms with Crippen LogP contribution in [0.4, 0.5) is 0 Å². The van der Waals surface area contributed by atoms with E-state index in [1.54, 1.807) is 12.1 Å². The zero-order valence-electron chi connectivity index (χ0n) is 25.9. The molecule has 0 unspecified atom stereocenters. The smallest absolute Gasteiger partial charge is 1.00 e. The van der Waals surface area contributed by atoms with Gasteiger partial charge in [-0.25, -0.2) is 0 Å². The largest absolute Gasteiger partial charge is 1.00 e. The van der Waals surface area contributed by atoms with E-state index in [9.17, 15) is 0 Å². The fourth-order valence-corrected chi connectivity index (χ4v) is 15.5. The topological polar surface area (TPSA) is 0 Å². The SMILES string of the molecule is CC(C)(C)c1ccc2c(c1)Cc1c-2ccc(C(C)(C)C)[c]1/[Zr+2]([C]1=CC=CC1)=[C](/c1ccccc1)c1cccc(Cl)c1.[Cl-].[Cl-]. The number of halogens is 3. The van der Waals surface area contributed by atoms with E-state index in [1.807, 2.05) is 6.07 Å². The van der Waals surface area contributed by atoms with E-state index in [4.69, 9.17) is 11.6 Å². The van der Waals surface area contributed by atoms with Crippen molar-refractivity contribution in [3.8, 4) is 11.1 Å². The molecule has 2 aliphatic rings. The van der Waals surface area contributed by atoms with Gasteiger partial charge in [-0.05, 0) is 0 Å². The van der Waals surface area contributed by atoms with E-state index in [2.05, 4.69) is 139 Å². The maximum absolute atomic E-state index is 6.68. The molecule has 4 aromatic rings. The van der Waals surface area contributed by atoms with Crippen LogP contribution in [0, 0.1) is 0 Å².